The molecule has 0 saturated heterocycles. The van der Waals surface area contributed by atoms with Crippen molar-refractivity contribution in [2.45, 2.75) is 62.8 Å². The Morgan fingerprint density at radius 2 is 1.64 bits per heavy atom. The number of halogens is 1. The van der Waals surface area contributed by atoms with Gasteiger partial charge < -0.3 is 10.0 Å². The van der Waals surface area contributed by atoms with Crippen molar-refractivity contribution in [2.75, 3.05) is 6.26 Å². The SMILES string of the molecule is CS(=O)(=O)N[C@H]1CCCCC1N1C(=O)c2ccccc2[C@@H](C(=O)NOCc2ccc(CC(=O)O)cc2)[C@@H]1c1ccc(Cl)cc1. The molecular weight excluding hydrogens is 606 g/mol. The standard InChI is InChI=1S/C32H34ClN3O7S/c1-44(41,42)35-26-8-4-5-9-27(26)36-30(22-14-16-23(33)17-15-22)29(24-6-2-3-7-25(24)32(36)40)31(39)34-43-19-21-12-10-20(11-13-21)18-28(37)38/h2-3,6-7,10-17,26-27,29-30,35H,4-5,8-9,18-19H2,1H3,(H,34,39)(H,37,38)/t26-,27?,29+,30-/m0/s1. The van der Waals surface area contributed by atoms with Gasteiger partial charge in [0.05, 0.1) is 31.2 Å². The third-order valence-corrected chi connectivity index (χ3v) is 9.10. The number of hydrogen-bond acceptors (Lipinski definition) is 6. The van der Waals surface area contributed by atoms with E-state index in [0.29, 0.717) is 40.1 Å². The number of rotatable bonds is 10. The topological polar surface area (TPSA) is 142 Å². The summed E-state index contributed by atoms with van der Waals surface area (Å²) in [5.74, 6) is -2.56. The van der Waals surface area contributed by atoms with Crippen LogP contribution in [0.2, 0.25) is 5.02 Å². The largest absolute Gasteiger partial charge is 0.481 e. The highest BCUT2D eigenvalue weighted by atomic mass is 35.5. The van der Waals surface area contributed by atoms with Crippen molar-refractivity contribution in [3.05, 3.63) is 106 Å². The minimum Gasteiger partial charge on any atom is -0.481 e. The lowest BCUT2D eigenvalue weighted by molar-refractivity contribution is -0.138. The molecule has 3 N–H and O–H groups in total. The monoisotopic (exact) mass is 639 g/mol. The maximum absolute atomic E-state index is 14.3. The van der Waals surface area contributed by atoms with Crippen LogP contribution in [0.25, 0.3) is 0 Å². The van der Waals surface area contributed by atoms with E-state index in [2.05, 4.69) is 10.2 Å². The molecule has 2 aliphatic rings. The Kier molecular flexibility index (Phi) is 9.69. The highest BCUT2D eigenvalue weighted by Gasteiger charge is 2.49. The summed E-state index contributed by atoms with van der Waals surface area (Å²) < 4.78 is 27.4. The number of benzene rings is 3. The molecule has 12 heteroatoms. The van der Waals surface area contributed by atoms with E-state index < -0.39 is 45.9 Å². The molecule has 232 valence electrons. The van der Waals surface area contributed by atoms with Gasteiger partial charge in [-0.2, -0.15) is 0 Å². The fraction of sp³-hybridized carbons (Fsp3) is 0.344. The quantitative estimate of drug-likeness (QED) is 0.280. The molecule has 4 atom stereocenters. The third kappa shape index (κ3) is 7.29. The van der Waals surface area contributed by atoms with Gasteiger partial charge in [0.15, 0.2) is 0 Å². The normalized spacial score (nSPS) is 21.9. The first-order chi connectivity index (χ1) is 21.0. The van der Waals surface area contributed by atoms with E-state index in [1.807, 2.05) is 0 Å². The molecule has 1 unspecified atom stereocenters. The molecular formula is C32H34ClN3O7S. The van der Waals surface area contributed by atoms with Gasteiger partial charge in [-0.3, -0.25) is 19.2 Å². The number of nitrogens with zero attached hydrogens (tertiary/aromatic N) is 1. The van der Waals surface area contributed by atoms with Gasteiger partial charge in [0, 0.05) is 22.7 Å². The van der Waals surface area contributed by atoms with E-state index in [0.717, 1.165) is 24.7 Å². The number of amides is 2. The minimum absolute atomic E-state index is 0.0324. The zero-order valence-electron chi connectivity index (χ0n) is 24.1. The zero-order valence-corrected chi connectivity index (χ0v) is 25.7. The minimum atomic E-state index is -3.57. The number of fused-ring (bicyclic) bond motifs is 1. The van der Waals surface area contributed by atoms with E-state index in [-0.39, 0.29) is 18.9 Å². The van der Waals surface area contributed by atoms with Crippen LogP contribution in [-0.4, -0.2) is 54.5 Å². The Morgan fingerprint density at radius 3 is 2.32 bits per heavy atom. The fourth-order valence-corrected chi connectivity index (χ4v) is 7.20. The Bertz CT molecular complexity index is 1630. The summed E-state index contributed by atoms with van der Waals surface area (Å²) in [5, 5.41) is 9.49. The van der Waals surface area contributed by atoms with E-state index >= 15 is 0 Å². The fourth-order valence-electron chi connectivity index (χ4n) is 6.25. The van der Waals surface area contributed by atoms with Gasteiger partial charge in [-0.15, -0.1) is 0 Å². The second-order valence-electron chi connectivity index (χ2n) is 11.3. The number of carbonyl (C=O) groups excluding carboxylic acids is 2. The van der Waals surface area contributed by atoms with E-state index in [1.54, 1.807) is 77.7 Å². The molecule has 3 aromatic carbocycles. The Hall–Kier alpha value is -3.77. The predicted molar refractivity (Wildman–Crippen MR) is 164 cm³/mol. The number of hydrogen-bond donors (Lipinski definition) is 3. The van der Waals surface area contributed by atoms with Crippen molar-refractivity contribution in [3.8, 4) is 0 Å². The number of nitrogens with one attached hydrogen (secondary N) is 2. The number of sulfonamides is 1. The first-order valence-electron chi connectivity index (χ1n) is 14.4. The molecule has 1 saturated carbocycles. The highest BCUT2D eigenvalue weighted by Crippen LogP contribution is 2.46. The summed E-state index contributed by atoms with van der Waals surface area (Å²) in [6.07, 6.45) is 3.74. The van der Waals surface area contributed by atoms with Gasteiger partial charge in [-0.1, -0.05) is 79.0 Å². The highest BCUT2D eigenvalue weighted by molar-refractivity contribution is 7.88. The molecule has 5 rings (SSSR count). The van der Waals surface area contributed by atoms with E-state index in [4.69, 9.17) is 21.5 Å². The van der Waals surface area contributed by atoms with Crippen LogP contribution in [-0.2, 0) is 37.5 Å². The molecule has 0 radical (unpaired) electrons. The molecule has 3 aromatic rings. The predicted octanol–water partition coefficient (Wildman–Crippen LogP) is 4.36. The lowest BCUT2D eigenvalue weighted by Crippen LogP contribution is -2.59. The zero-order chi connectivity index (χ0) is 31.4. The molecule has 44 heavy (non-hydrogen) atoms. The molecule has 0 bridgehead atoms. The molecule has 1 fully saturated rings. The van der Waals surface area contributed by atoms with Gasteiger partial charge in [0.25, 0.3) is 11.8 Å². The van der Waals surface area contributed by atoms with Crippen molar-refractivity contribution in [3.63, 3.8) is 0 Å². The van der Waals surface area contributed by atoms with Crippen LogP contribution in [0, 0.1) is 0 Å². The summed E-state index contributed by atoms with van der Waals surface area (Å²) in [6, 6.07) is 19.0. The van der Waals surface area contributed by atoms with Gasteiger partial charge >= 0.3 is 5.97 Å². The second-order valence-corrected chi connectivity index (χ2v) is 13.5. The average Bonchev–Trinajstić information content (AvgIpc) is 2.98. The van der Waals surface area contributed by atoms with Crippen LogP contribution in [0.5, 0.6) is 0 Å². The maximum Gasteiger partial charge on any atom is 0.307 e. The Balaban J connectivity index is 1.49. The molecule has 10 nitrogen and oxygen atoms in total. The van der Waals surface area contributed by atoms with Crippen LogP contribution in [0.1, 0.15) is 70.3 Å². The summed E-state index contributed by atoms with van der Waals surface area (Å²) >= 11 is 6.22. The molecule has 1 heterocycles. The second kappa shape index (κ2) is 13.5. The van der Waals surface area contributed by atoms with E-state index in [1.165, 1.54) is 0 Å². The van der Waals surface area contributed by atoms with Crippen molar-refractivity contribution >= 4 is 39.4 Å². The molecule has 2 amide bonds. The average molecular weight is 640 g/mol. The molecule has 0 aromatic heterocycles. The van der Waals surface area contributed by atoms with E-state index in [9.17, 15) is 22.8 Å². The summed E-state index contributed by atoms with van der Waals surface area (Å²) in [6.45, 7) is 0.0324. The van der Waals surface area contributed by atoms with Crippen molar-refractivity contribution in [2.24, 2.45) is 0 Å². The van der Waals surface area contributed by atoms with Crippen molar-refractivity contribution in [1.29, 1.82) is 0 Å². The summed E-state index contributed by atoms with van der Waals surface area (Å²) in [7, 11) is -3.57. The van der Waals surface area contributed by atoms with Gasteiger partial charge in [0.1, 0.15) is 0 Å². The van der Waals surface area contributed by atoms with Gasteiger partial charge in [0.2, 0.25) is 10.0 Å². The Labute approximate surface area is 261 Å². The van der Waals surface area contributed by atoms with Crippen LogP contribution < -0.4 is 10.2 Å². The first kappa shape index (κ1) is 31.6. The molecule has 0 spiro atoms. The maximum atomic E-state index is 14.3. The smallest absolute Gasteiger partial charge is 0.307 e. The lowest BCUT2D eigenvalue weighted by atomic mass is 9.76. The number of hydroxylamine groups is 1. The Morgan fingerprint density at radius 1 is 0.977 bits per heavy atom. The van der Waals surface area contributed by atoms with Crippen LogP contribution >= 0.6 is 11.6 Å². The summed E-state index contributed by atoms with van der Waals surface area (Å²) in [4.78, 5) is 46.6. The third-order valence-electron chi connectivity index (χ3n) is 8.11. The van der Waals surface area contributed by atoms with Crippen LogP contribution in [0.15, 0.2) is 72.8 Å². The van der Waals surface area contributed by atoms with Crippen molar-refractivity contribution in [1.82, 2.24) is 15.1 Å². The van der Waals surface area contributed by atoms with Crippen LogP contribution in [0.3, 0.4) is 0 Å². The number of carboxylic acids is 1. The van der Waals surface area contributed by atoms with Gasteiger partial charge in [-0.25, -0.2) is 18.6 Å². The molecule has 1 aliphatic heterocycles. The lowest BCUT2D eigenvalue weighted by Gasteiger charge is -2.49. The van der Waals surface area contributed by atoms with Crippen LogP contribution in [0.4, 0.5) is 0 Å². The number of aliphatic carboxylic acids is 1. The summed E-state index contributed by atoms with van der Waals surface area (Å²) in [5.41, 5.74) is 5.54. The molecule has 1 aliphatic carbocycles. The number of carbonyl (C=O) groups is 3. The van der Waals surface area contributed by atoms with Gasteiger partial charge in [-0.05, 0) is 53.3 Å². The van der Waals surface area contributed by atoms with Crippen molar-refractivity contribution < 1.29 is 32.7 Å². The number of carboxylic acid groups (broad SMARTS) is 1. The first-order valence-corrected chi connectivity index (χ1v) is 16.6.